The second-order valence-corrected chi connectivity index (χ2v) is 6.46. The summed E-state index contributed by atoms with van der Waals surface area (Å²) in [5, 5.41) is 9.18. The summed E-state index contributed by atoms with van der Waals surface area (Å²) in [6.45, 7) is 2.23. The molecule has 26 heavy (non-hydrogen) atoms. The van der Waals surface area contributed by atoms with Gasteiger partial charge in [0.15, 0.2) is 5.69 Å². The van der Waals surface area contributed by atoms with E-state index in [4.69, 9.17) is 10.5 Å². The maximum atomic E-state index is 12.0. The normalized spacial score (nSPS) is 10.5. The quantitative estimate of drug-likeness (QED) is 0.527. The average Bonchev–Trinajstić information content (AvgIpc) is 3.01. The molecule has 1 aromatic heterocycles. The molecule has 138 valence electrons. The number of methoxy groups -OCH3 is 1. The van der Waals surface area contributed by atoms with Crippen LogP contribution in [0.3, 0.4) is 0 Å². The fourth-order valence-electron chi connectivity index (χ4n) is 3.05. The second-order valence-electron chi connectivity index (χ2n) is 6.46. The molecule has 0 radical (unpaired) electrons. The molecule has 0 bridgehead atoms. The molecule has 2 N–H and O–H groups in total. The SMILES string of the molecule is CCCCCCCCc1ccc(-n2cc(C#N)c(N)c2C(=O)OC)cc1. The Morgan fingerprint density at radius 1 is 1.15 bits per heavy atom. The average molecular weight is 353 g/mol. The van der Waals surface area contributed by atoms with Crippen LogP contribution in [0.1, 0.15) is 67.1 Å². The van der Waals surface area contributed by atoms with Crippen LogP contribution in [-0.2, 0) is 11.2 Å². The summed E-state index contributed by atoms with van der Waals surface area (Å²) in [5.41, 5.74) is 8.58. The van der Waals surface area contributed by atoms with Crippen LogP contribution in [0, 0.1) is 11.3 Å². The molecule has 0 fully saturated rings. The van der Waals surface area contributed by atoms with E-state index in [1.807, 2.05) is 18.2 Å². The molecule has 2 rings (SSSR count). The van der Waals surface area contributed by atoms with Crippen LogP contribution in [-0.4, -0.2) is 17.6 Å². The van der Waals surface area contributed by atoms with Crippen molar-refractivity contribution in [2.75, 3.05) is 12.8 Å². The number of hydrogen-bond donors (Lipinski definition) is 1. The molecule has 0 aliphatic carbocycles. The van der Waals surface area contributed by atoms with Crippen molar-refractivity contribution in [3.05, 3.63) is 47.3 Å². The van der Waals surface area contributed by atoms with Crippen LogP contribution >= 0.6 is 0 Å². The Kier molecular flexibility index (Phi) is 7.28. The number of carbonyl (C=O) groups is 1. The van der Waals surface area contributed by atoms with Crippen molar-refractivity contribution in [3.8, 4) is 11.8 Å². The van der Waals surface area contributed by atoms with Gasteiger partial charge >= 0.3 is 5.97 Å². The van der Waals surface area contributed by atoms with Gasteiger partial charge in [0.2, 0.25) is 0 Å². The lowest BCUT2D eigenvalue weighted by Crippen LogP contribution is -2.11. The Morgan fingerprint density at radius 3 is 2.42 bits per heavy atom. The van der Waals surface area contributed by atoms with E-state index in [1.165, 1.54) is 51.2 Å². The van der Waals surface area contributed by atoms with Gasteiger partial charge in [-0.3, -0.25) is 0 Å². The number of aryl methyl sites for hydroxylation is 1. The van der Waals surface area contributed by atoms with E-state index in [9.17, 15) is 10.1 Å². The number of rotatable bonds is 9. The van der Waals surface area contributed by atoms with Gasteiger partial charge in [0.05, 0.1) is 18.4 Å². The Bertz CT molecular complexity index is 770. The summed E-state index contributed by atoms with van der Waals surface area (Å²) in [5.74, 6) is -0.555. The summed E-state index contributed by atoms with van der Waals surface area (Å²) < 4.78 is 6.42. The van der Waals surface area contributed by atoms with Crippen LogP contribution in [0.15, 0.2) is 30.5 Å². The zero-order chi connectivity index (χ0) is 18.9. The number of nitrogens with zero attached hydrogens (tertiary/aromatic N) is 2. The summed E-state index contributed by atoms with van der Waals surface area (Å²) in [4.78, 5) is 12.0. The molecule has 0 amide bonds. The van der Waals surface area contributed by atoms with Crippen LogP contribution < -0.4 is 5.73 Å². The van der Waals surface area contributed by atoms with Gasteiger partial charge in [0.1, 0.15) is 6.07 Å². The van der Waals surface area contributed by atoms with Crippen molar-refractivity contribution in [2.24, 2.45) is 0 Å². The molecule has 5 heteroatoms. The lowest BCUT2D eigenvalue weighted by molar-refractivity contribution is 0.0593. The van der Waals surface area contributed by atoms with Crippen LogP contribution in [0.2, 0.25) is 0 Å². The third kappa shape index (κ3) is 4.66. The van der Waals surface area contributed by atoms with E-state index in [0.717, 1.165) is 12.1 Å². The largest absolute Gasteiger partial charge is 0.464 e. The van der Waals surface area contributed by atoms with Crippen molar-refractivity contribution < 1.29 is 9.53 Å². The maximum absolute atomic E-state index is 12.0. The molecule has 0 atom stereocenters. The number of esters is 1. The number of aromatic nitrogens is 1. The molecule has 0 aliphatic heterocycles. The van der Waals surface area contributed by atoms with Gasteiger partial charge in [0.25, 0.3) is 0 Å². The fraction of sp³-hybridized carbons (Fsp3) is 0.429. The van der Waals surface area contributed by atoms with Crippen molar-refractivity contribution in [2.45, 2.75) is 51.9 Å². The predicted molar refractivity (Wildman–Crippen MR) is 103 cm³/mol. The van der Waals surface area contributed by atoms with Gasteiger partial charge in [0, 0.05) is 11.9 Å². The van der Waals surface area contributed by atoms with E-state index in [1.54, 1.807) is 10.8 Å². The fourth-order valence-corrected chi connectivity index (χ4v) is 3.05. The number of benzene rings is 1. The number of unbranched alkanes of at least 4 members (excludes halogenated alkanes) is 5. The van der Waals surface area contributed by atoms with Crippen molar-refractivity contribution in [1.82, 2.24) is 4.57 Å². The van der Waals surface area contributed by atoms with E-state index in [-0.39, 0.29) is 16.9 Å². The van der Waals surface area contributed by atoms with Crippen LogP contribution in [0.5, 0.6) is 0 Å². The zero-order valence-corrected chi connectivity index (χ0v) is 15.6. The minimum atomic E-state index is -0.555. The highest BCUT2D eigenvalue weighted by Gasteiger charge is 2.21. The number of hydrogen-bond acceptors (Lipinski definition) is 4. The van der Waals surface area contributed by atoms with E-state index >= 15 is 0 Å². The Morgan fingerprint density at radius 2 is 1.81 bits per heavy atom. The first kappa shape index (κ1) is 19.6. The first-order valence-electron chi connectivity index (χ1n) is 9.20. The zero-order valence-electron chi connectivity index (χ0n) is 15.6. The van der Waals surface area contributed by atoms with Crippen molar-refractivity contribution in [1.29, 1.82) is 5.26 Å². The smallest absolute Gasteiger partial charge is 0.357 e. The number of nitriles is 1. The highest BCUT2D eigenvalue weighted by atomic mass is 16.5. The molecule has 0 saturated carbocycles. The third-order valence-electron chi connectivity index (χ3n) is 4.58. The minimum Gasteiger partial charge on any atom is -0.464 e. The van der Waals surface area contributed by atoms with Crippen LogP contribution in [0.4, 0.5) is 5.69 Å². The Labute approximate surface area is 155 Å². The first-order valence-corrected chi connectivity index (χ1v) is 9.20. The highest BCUT2D eigenvalue weighted by molar-refractivity contribution is 5.95. The van der Waals surface area contributed by atoms with E-state index in [0.29, 0.717) is 0 Å². The molecule has 5 nitrogen and oxygen atoms in total. The molecule has 0 saturated heterocycles. The minimum absolute atomic E-state index is 0.149. The second kappa shape index (κ2) is 9.67. The van der Waals surface area contributed by atoms with Gasteiger partial charge in [-0.15, -0.1) is 0 Å². The summed E-state index contributed by atoms with van der Waals surface area (Å²) in [6.07, 6.45) is 10.3. The van der Waals surface area contributed by atoms with Crippen molar-refractivity contribution >= 4 is 11.7 Å². The third-order valence-corrected chi connectivity index (χ3v) is 4.58. The number of nitrogens with two attached hydrogens (primary N) is 1. The summed E-state index contributed by atoms with van der Waals surface area (Å²) in [7, 11) is 1.30. The number of carbonyl (C=O) groups excluding carboxylic acids is 1. The molecule has 1 heterocycles. The molecular formula is C21H27N3O2. The molecule has 2 aromatic rings. The van der Waals surface area contributed by atoms with Crippen molar-refractivity contribution in [3.63, 3.8) is 0 Å². The van der Waals surface area contributed by atoms with E-state index < -0.39 is 5.97 Å². The molecular weight excluding hydrogens is 326 g/mol. The number of ether oxygens (including phenoxy) is 1. The van der Waals surface area contributed by atoms with Gasteiger partial charge in [-0.2, -0.15) is 5.26 Å². The first-order chi connectivity index (χ1) is 12.6. The lowest BCUT2D eigenvalue weighted by Gasteiger charge is -2.09. The van der Waals surface area contributed by atoms with Gasteiger partial charge in [-0.05, 0) is 30.5 Å². The molecule has 0 aliphatic rings. The summed E-state index contributed by atoms with van der Waals surface area (Å²) in [6, 6.07) is 10.0. The van der Waals surface area contributed by atoms with E-state index in [2.05, 4.69) is 19.1 Å². The van der Waals surface area contributed by atoms with Gasteiger partial charge < -0.3 is 15.0 Å². The predicted octanol–water partition coefficient (Wildman–Crippen LogP) is 4.62. The Hall–Kier alpha value is -2.74. The topological polar surface area (TPSA) is 81.0 Å². The molecule has 1 aromatic carbocycles. The molecule has 0 unspecified atom stereocenters. The van der Waals surface area contributed by atoms with Gasteiger partial charge in [-0.1, -0.05) is 51.2 Å². The number of nitrogen functional groups attached to an aromatic ring is 1. The van der Waals surface area contributed by atoms with Gasteiger partial charge in [-0.25, -0.2) is 4.79 Å². The monoisotopic (exact) mass is 353 g/mol. The summed E-state index contributed by atoms with van der Waals surface area (Å²) >= 11 is 0. The highest BCUT2D eigenvalue weighted by Crippen LogP contribution is 2.25. The lowest BCUT2D eigenvalue weighted by atomic mass is 10.0. The van der Waals surface area contributed by atoms with Crippen LogP contribution in [0.25, 0.3) is 5.69 Å². The Balaban J connectivity index is 2.09. The maximum Gasteiger partial charge on any atom is 0.357 e. The number of anilines is 1. The standard InChI is InChI=1S/C21H27N3O2/c1-3-4-5-6-7-8-9-16-10-12-18(13-11-16)24-15-17(14-22)19(23)20(24)21(25)26-2/h10-13,15H,3-9,23H2,1-2H3. The molecule has 0 spiro atoms.